The molecule has 0 aromatic heterocycles. The monoisotopic (exact) mass is 272 g/mol. The second kappa shape index (κ2) is 6.60. The lowest BCUT2D eigenvalue weighted by atomic mass is 9.81. The average molecular weight is 272 g/mol. The number of rotatable bonds is 3. The van der Waals surface area contributed by atoms with E-state index in [2.05, 4.69) is 30.5 Å². The molecule has 2 fully saturated rings. The first-order valence-corrected chi connectivity index (χ1v) is 8.48. The first kappa shape index (κ1) is 14.6. The van der Waals surface area contributed by atoms with Crippen molar-refractivity contribution in [3.05, 3.63) is 0 Å². The highest BCUT2D eigenvalue weighted by Crippen LogP contribution is 2.34. The summed E-state index contributed by atoms with van der Waals surface area (Å²) in [4.78, 5) is 2.67. The third kappa shape index (κ3) is 3.21. The van der Waals surface area contributed by atoms with Crippen LogP contribution in [0.5, 0.6) is 0 Å². The summed E-state index contributed by atoms with van der Waals surface area (Å²) >= 11 is 2.09. The zero-order valence-corrected chi connectivity index (χ0v) is 12.7. The summed E-state index contributed by atoms with van der Waals surface area (Å²) in [5, 5.41) is 0. The molecule has 2 heterocycles. The van der Waals surface area contributed by atoms with Gasteiger partial charge in [0.05, 0.1) is 6.10 Å². The molecule has 2 unspecified atom stereocenters. The van der Waals surface area contributed by atoms with Gasteiger partial charge in [-0.3, -0.25) is 4.90 Å². The quantitative estimate of drug-likeness (QED) is 0.852. The van der Waals surface area contributed by atoms with Gasteiger partial charge in [0.15, 0.2) is 0 Å². The van der Waals surface area contributed by atoms with Crippen LogP contribution in [0.15, 0.2) is 0 Å². The topological polar surface area (TPSA) is 38.5 Å². The molecule has 0 aliphatic carbocycles. The zero-order valence-electron chi connectivity index (χ0n) is 11.9. The van der Waals surface area contributed by atoms with E-state index in [1.807, 2.05) is 0 Å². The van der Waals surface area contributed by atoms with E-state index in [9.17, 15) is 0 Å². The molecule has 106 valence electrons. The Hall–Kier alpha value is 0.230. The summed E-state index contributed by atoms with van der Waals surface area (Å²) in [5.74, 6) is 3.16. The molecule has 4 heteroatoms. The normalized spacial score (nSPS) is 35.7. The number of nitrogens with zero attached hydrogens (tertiary/aromatic N) is 1. The lowest BCUT2D eigenvalue weighted by Crippen LogP contribution is -2.59. The lowest BCUT2D eigenvalue weighted by molar-refractivity contribution is -0.0859. The van der Waals surface area contributed by atoms with Crippen LogP contribution in [-0.2, 0) is 4.74 Å². The van der Waals surface area contributed by atoms with Gasteiger partial charge in [-0.25, -0.2) is 0 Å². The van der Waals surface area contributed by atoms with Crippen LogP contribution >= 0.6 is 11.8 Å². The van der Waals surface area contributed by atoms with Crippen LogP contribution in [0, 0.1) is 5.92 Å². The zero-order chi connectivity index (χ0) is 13.0. The third-order valence-electron chi connectivity index (χ3n) is 4.50. The molecule has 0 aromatic rings. The Morgan fingerprint density at radius 3 is 2.94 bits per heavy atom. The molecular weight excluding hydrogens is 244 g/mol. The first-order chi connectivity index (χ1) is 8.68. The lowest BCUT2D eigenvalue weighted by Gasteiger charge is -2.48. The molecule has 18 heavy (non-hydrogen) atoms. The molecule has 0 bridgehead atoms. The molecule has 0 amide bonds. The number of thioether (sulfide) groups is 1. The number of hydrogen-bond donors (Lipinski definition) is 1. The van der Waals surface area contributed by atoms with E-state index in [1.54, 1.807) is 0 Å². The summed E-state index contributed by atoms with van der Waals surface area (Å²) in [6.07, 6.45) is 3.92. The van der Waals surface area contributed by atoms with Gasteiger partial charge in [-0.05, 0) is 37.5 Å². The smallest absolute Gasteiger partial charge is 0.0616 e. The third-order valence-corrected chi connectivity index (χ3v) is 5.55. The highest BCUT2D eigenvalue weighted by Gasteiger charge is 2.41. The SMILES string of the molecule is CC(C)C1CC(CN)(N2CCCSCC2)CCO1. The molecule has 3 nitrogen and oxygen atoms in total. The second-order valence-corrected chi connectivity index (χ2v) is 7.21. The van der Waals surface area contributed by atoms with Crippen LogP contribution in [0.4, 0.5) is 0 Å². The van der Waals surface area contributed by atoms with Gasteiger partial charge in [-0.15, -0.1) is 0 Å². The van der Waals surface area contributed by atoms with Crippen molar-refractivity contribution in [3.63, 3.8) is 0 Å². The summed E-state index contributed by atoms with van der Waals surface area (Å²) in [6, 6.07) is 0. The number of ether oxygens (including phenoxy) is 1. The van der Waals surface area contributed by atoms with Crippen molar-refractivity contribution in [2.24, 2.45) is 11.7 Å². The second-order valence-electron chi connectivity index (χ2n) is 5.99. The fourth-order valence-electron chi connectivity index (χ4n) is 3.19. The van der Waals surface area contributed by atoms with Crippen LogP contribution in [0.3, 0.4) is 0 Å². The summed E-state index contributed by atoms with van der Waals surface area (Å²) in [5.41, 5.74) is 6.38. The Bertz CT molecular complexity index is 254. The maximum Gasteiger partial charge on any atom is 0.0616 e. The average Bonchev–Trinajstić information content (AvgIpc) is 2.68. The van der Waals surface area contributed by atoms with Gasteiger partial charge in [-0.2, -0.15) is 11.8 Å². The van der Waals surface area contributed by atoms with Crippen LogP contribution < -0.4 is 5.73 Å². The fourth-order valence-corrected chi connectivity index (χ4v) is 4.07. The van der Waals surface area contributed by atoms with Gasteiger partial charge in [0, 0.05) is 31.0 Å². The van der Waals surface area contributed by atoms with E-state index in [-0.39, 0.29) is 5.54 Å². The highest BCUT2D eigenvalue weighted by atomic mass is 32.2. The molecule has 0 spiro atoms. The van der Waals surface area contributed by atoms with Gasteiger partial charge in [0.2, 0.25) is 0 Å². The van der Waals surface area contributed by atoms with Crippen LogP contribution in [0.1, 0.15) is 33.1 Å². The van der Waals surface area contributed by atoms with Gasteiger partial charge in [0.25, 0.3) is 0 Å². The van der Waals surface area contributed by atoms with E-state index < -0.39 is 0 Å². The summed E-state index contributed by atoms with van der Waals surface area (Å²) < 4.78 is 5.93. The van der Waals surface area contributed by atoms with Crippen molar-refractivity contribution in [3.8, 4) is 0 Å². The number of nitrogens with two attached hydrogens (primary N) is 1. The van der Waals surface area contributed by atoms with Crippen molar-refractivity contribution in [1.82, 2.24) is 4.90 Å². The minimum absolute atomic E-state index is 0.206. The van der Waals surface area contributed by atoms with Crippen molar-refractivity contribution in [2.75, 3.05) is 37.7 Å². The Morgan fingerprint density at radius 2 is 2.22 bits per heavy atom. The largest absolute Gasteiger partial charge is 0.378 e. The van der Waals surface area contributed by atoms with Crippen LogP contribution in [-0.4, -0.2) is 54.3 Å². The van der Waals surface area contributed by atoms with E-state index in [0.29, 0.717) is 12.0 Å². The van der Waals surface area contributed by atoms with E-state index in [4.69, 9.17) is 10.5 Å². The molecule has 2 aliphatic rings. The Kier molecular flexibility index (Phi) is 5.36. The standard InChI is InChI=1S/C14H28N2OS/c1-12(2)13-10-14(11-15,4-7-17-13)16-5-3-8-18-9-6-16/h12-13H,3-11,15H2,1-2H3. The van der Waals surface area contributed by atoms with Gasteiger partial charge >= 0.3 is 0 Å². The predicted octanol–water partition coefficient (Wildman–Crippen LogP) is 1.96. The molecule has 2 N–H and O–H groups in total. The van der Waals surface area contributed by atoms with Crippen molar-refractivity contribution in [1.29, 1.82) is 0 Å². The number of hydrogen-bond acceptors (Lipinski definition) is 4. The van der Waals surface area contributed by atoms with Gasteiger partial charge in [-0.1, -0.05) is 13.8 Å². The Morgan fingerprint density at radius 1 is 1.39 bits per heavy atom. The van der Waals surface area contributed by atoms with Gasteiger partial charge < -0.3 is 10.5 Å². The van der Waals surface area contributed by atoms with E-state index >= 15 is 0 Å². The molecule has 2 saturated heterocycles. The maximum atomic E-state index is 6.18. The van der Waals surface area contributed by atoms with Crippen molar-refractivity contribution < 1.29 is 4.74 Å². The molecule has 2 rings (SSSR count). The summed E-state index contributed by atoms with van der Waals surface area (Å²) in [6.45, 7) is 8.60. The molecular formula is C14H28N2OS. The highest BCUT2D eigenvalue weighted by molar-refractivity contribution is 7.99. The first-order valence-electron chi connectivity index (χ1n) is 7.32. The van der Waals surface area contributed by atoms with E-state index in [1.165, 1.54) is 31.0 Å². The fraction of sp³-hybridized carbons (Fsp3) is 1.00. The Labute approximate surface area is 116 Å². The molecule has 0 radical (unpaired) electrons. The van der Waals surface area contributed by atoms with E-state index in [0.717, 1.165) is 26.0 Å². The van der Waals surface area contributed by atoms with Gasteiger partial charge in [0.1, 0.15) is 0 Å². The van der Waals surface area contributed by atoms with Crippen LogP contribution in [0.2, 0.25) is 0 Å². The maximum absolute atomic E-state index is 6.18. The molecule has 0 saturated carbocycles. The molecule has 2 atom stereocenters. The molecule has 0 aromatic carbocycles. The minimum Gasteiger partial charge on any atom is -0.378 e. The van der Waals surface area contributed by atoms with Crippen molar-refractivity contribution in [2.45, 2.75) is 44.8 Å². The minimum atomic E-state index is 0.206. The Balaban J connectivity index is 2.07. The van der Waals surface area contributed by atoms with Crippen molar-refractivity contribution >= 4 is 11.8 Å². The summed E-state index contributed by atoms with van der Waals surface area (Å²) in [7, 11) is 0. The van der Waals surface area contributed by atoms with Crippen LogP contribution in [0.25, 0.3) is 0 Å². The predicted molar refractivity (Wildman–Crippen MR) is 79.1 cm³/mol. The molecule has 2 aliphatic heterocycles.